The molecule has 222 valence electrons. The molecule has 0 radical (unpaired) electrons. The van der Waals surface area contributed by atoms with E-state index in [1.165, 1.54) is 32.1 Å². The first-order valence-electron chi connectivity index (χ1n) is 15.7. The summed E-state index contributed by atoms with van der Waals surface area (Å²) in [6, 6.07) is 1.01. The lowest BCUT2D eigenvalue weighted by Gasteiger charge is -2.46. The van der Waals surface area contributed by atoms with Gasteiger partial charge in [-0.15, -0.1) is 11.6 Å². The summed E-state index contributed by atoms with van der Waals surface area (Å²) in [7, 11) is 0. The fourth-order valence-electron chi connectivity index (χ4n) is 7.82. The second kappa shape index (κ2) is 14.3. The Bertz CT molecular complexity index is 815. The van der Waals surface area contributed by atoms with Gasteiger partial charge in [-0.2, -0.15) is 0 Å². The Kier molecular flexibility index (Phi) is 10.8. The summed E-state index contributed by atoms with van der Waals surface area (Å²) in [6.07, 6.45) is 11.9. The fraction of sp³-hybridized carbons (Fsp3) is 0.897. The second-order valence-corrected chi connectivity index (χ2v) is 13.2. The molecule has 0 aromatic rings. The lowest BCUT2D eigenvalue weighted by atomic mass is 9.88. The van der Waals surface area contributed by atoms with Gasteiger partial charge in [-0.1, -0.05) is 25.3 Å². The van der Waals surface area contributed by atoms with Gasteiger partial charge in [-0.3, -0.25) is 14.6 Å². The summed E-state index contributed by atoms with van der Waals surface area (Å²) in [5.74, 6) is 0.412. The fourth-order valence-corrected chi connectivity index (χ4v) is 8.15. The highest BCUT2D eigenvalue weighted by Gasteiger charge is 2.38. The van der Waals surface area contributed by atoms with E-state index >= 15 is 0 Å². The maximum absolute atomic E-state index is 13.9. The number of amides is 1. The largest absolute Gasteiger partial charge is 0.386 e. The normalized spacial score (nSPS) is 36.4. The van der Waals surface area contributed by atoms with Crippen molar-refractivity contribution in [1.29, 1.82) is 0 Å². The second-order valence-electron chi connectivity index (χ2n) is 12.6. The minimum absolute atomic E-state index is 0.0346. The maximum atomic E-state index is 13.9. The number of nitrogens with one attached hydrogen (secondary N) is 3. The zero-order chi connectivity index (χ0) is 27.2. The van der Waals surface area contributed by atoms with E-state index in [1.807, 2.05) is 0 Å². The Balaban J connectivity index is 1.24. The smallest absolute Gasteiger partial charge is 0.232 e. The van der Waals surface area contributed by atoms with Gasteiger partial charge in [0.15, 0.2) is 0 Å². The summed E-state index contributed by atoms with van der Waals surface area (Å²) in [6.45, 7) is 8.34. The number of alkyl halides is 1. The van der Waals surface area contributed by atoms with E-state index in [2.05, 4.69) is 31.8 Å². The van der Waals surface area contributed by atoms with E-state index in [9.17, 15) is 4.79 Å². The Morgan fingerprint density at radius 3 is 2.54 bits per heavy atom. The predicted octanol–water partition coefficient (Wildman–Crippen LogP) is 1.17. The standard InChI is InChI=1S/C29H52ClN7O2/c30-22-16-20-3-1-2-4-21(15-20)17-24(34-18-22)27(28(31)32)29(38)35-25-19-33-8-5-26(25)37-9-6-23(7-10-37)36-11-13-39-14-12-36/h17,20-23,25-28,33-34H,1-16,18-19,31-32H2,(H,35,38)/b24-17-. The van der Waals surface area contributed by atoms with Crippen molar-refractivity contribution in [2.75, 3.05) is 59.0 Å². The molecule has 5 aliphatic rings. The Morgan fingerprint density at radius 2 is 1.77 bits per heavy atom. The van der Waals surface area contributed by atoms with Gasteiger partial charge in [0.25, 0.3) is 0 Å². The molecule has 1 aliphatic carbocycles. The Labute approximate surface area is 240 Å². The summed E-state index contributed by atoms with van der Waals surface area (Å²) >= 11 is 6.74. The van der Waals surface area contributed by atoms with E-state index in [0.717, 1.165) is 83.9 Å². The summed E-state index contributed by atoms with van der Waals surface area (Å²) in [5, 5.41) is 10.5. The van der Waals surface area contributed by atoms with Crippen LogP contribution in [0.25, 0.3) is 0 Å². The molecule has 5 rings (SSSR count). The van der Waals surface area contributed by atoms with Crippen molar-refractivity contribution in [2.24, 2.45) is 29.2 Å². The summed E-state index contributed by atoms with van der Waals surface area (Å²) < 4.78 is 5.56. The average Bonchev–Trinajstić information content (AvgIpc) is 3.12. The minimum atomic E-state index is -0.779. The molecule has 10 heteroatoms. The number of halogens is 1. The number of ether oxygens (including phenoxy) is 1. The molecule has 6 unspecified atom stereocenters. The van der Waals surface area contributed by atoms with Crippen molar-refractivity contribution in [2.45, 2.75) is 87.5 Å². The SMILES string of the molecule is NC(N)C(C(=O)NC1CNCCC1N1CCC(N2CCOCC2)CC1)/C1=C/C2CCCCC(CC(Cl)CN1)C2. The number of likely N-dealkylation sites (tertiary alicyclic amines) is 1. The number of piperidine rings is 2. The van der Waals surface area contributed by atoms with Crippen LogP contribution in [0.15, 0.2) is 11.8 Å². The molecule has 4 heterocycles. The highest BCUT2D eigenvalue weighted by atomic mass is 35.5. The number of hydrogen-bond donors (Lipinski definition) is 5. The minimum Gasteiger partial charge on any atom is -0.386 e. The lowest BCUT2D eigenvalue weighted by Crippen LogP contribution is -2.63. The first-order valence-corrected chi connectivity index (χ1v) is 16.1. The number of carbonyl (C=O) groups excluding carboxylic acids is 1. The zero-order valence-corrected chi connectivity index (χ0v) is 24.4. The van der Waals surface area contributed by atoms with E-state index in [4.69, 9.17) is 27.8 Å². The molecule has 4 fully saturated rings. The third-order valence-electron chi connectivity index (χ3n) is 9.91. The van der Waals surface area contributed by atoms with Crippen LogP contribution in [0.5, 0.6) is 0 Å². The summed E-state index contributed by atoms with van der Waals surface area (Å²) in [4.78, 5) is 19.1. The third kappa shape index (κ3) is 7.87. The molecule has 2 bridgehead atoms. The van der Waals surface area contributed by atoms with Gasteiger partial charge in [-0.05, 0) is 56.9 Å². The maximum Gasteiger partial charge on any atom is 0.232 e. The molecule has 39 heavy (non-hydrogen) atoms. The molecule has 9 nitrogen and oxygen atoms in total. The number of carbonyl (C=O) groups is 1. The van der Waals surface area contributed by atoms with Crippen LogP contribution in [0.1, 0.15) is 57.8 Å². The molecule has 0 aromatic heterocycles. The zero-order valence-electron chi connectivity index (χ0n) is 23.7. The number of hydrogen-bond acceptors (Lipinski definition) is 8. The van der Waals surface area contributed by atoms with Crippen molar-refractivity contribution < 1.29 is 9.53 Å². The predicted molar refractivity (Wildman–Crippen MR) is 156 cm³/mol. The van der Waals surface area contributed by atoms with Crippen LogP contribution >= 0.6 is 11.6 Å². The molecule has 1 saturated carbocycles. The van der Waals surface area contributed by atoms with Crippen molar-refractivity contribution >= 4 is 17.5 Å². The van der Waals surface area contributed by atoms with E-state index < -0.39 is 12.1 Å². The van der Waals surface area contributed by atoms with Gasteiger partial charge < -0.3 is 32.2 Å². The van der Waals surface area contributed by atoms with Crippen LogP contribution < -0.4 is 27.4 Å². The van der Waals surface area contributed by atoms with Crippen LogP contribution in [0.3, 0.4) is 0 Å². The van der Waals surface area contributed by atoms with Gasteiger partial charge in [0.1, 0.15) is 5.92 Å². The molecule has 7 N–H and O–H groups in total. The van der Waals surface area contributed by atoms with E-state index in [-0.39, 0.29) is 17.3 Å². The van der Waals surface area contributed by atoms with Crippen LogP contribution in [0.2, 0.25) is 0 Å². The number of fused-ring (bicyclic) bond motifs is 2. The third-order valence-corrected chi connectivity index (χ3v) is 10.2. The van der Waals surface area contributed by atoms with E-state index in [1.54, 1.807) is 0 Å². The lowest BCUT2D eigenvalue weighted by molar-refractivity contribution is -0.126. The number of nitrogens with zero attached hydrogens (tertiary/aromatic N) is 2. The topological polar surface area (TPSA) is 121 Å². The van der Waals surface area contributed by atoms with Crippen LogP contribution in [-0.4, -0.2) is 104 Å². The average molecular weight is 566 g/mol. The molecular weight excluding hydrogens is 514 g/mol. The van der Waals surface area contributed by atoms with Crippen LogP contribution in [0, 0.1) is 17.8 Å². The molecule has 1 amide bonds. The quantitative estimate of drug-likeness (QED) is 0.240. The van der Waals surface area contributed by atoms with Gasteiger partial charge >= 0.3 is 0 Å². The summed E-state index contributed by atoms with van der Waals surface area (Å²) in [5.41, 5.74) is 13.5. The van der Waals surface area contributed by atoms with Gasteiger partial charge in [0.2, 0.25) is 5.91 Å². The van der Waals surface area contributed by atoms with Crippen molar-refractivity contribution in [1.82, 2.24) is 25.8 Å². The molecule has 0 aromatic carbocycles. The van der Waals surface area contributed by atoms with Crippen molar-refractivity contribution in [3.05, 3.63) is 11.8 Å². The molecule has 4 aliphatic heterocycles. The molecule has 3 saturated heterocycles. The first-order chi connectivity index (χ1) is 19.0. The van der Waals surface area contributed by atoms with Gasteiger partial charge in [0.05, 0.1) is 30.8 Å². The van der Waals surface area contributed by atoms with Gasteiger partial charge in [0, 0.05) is 57.0 Å². The molecule has 6 atom stereocenters. The van der Waals surface area contributed by atoms with Crippen LogP contribution in [0.4, 0.5) is 0 Å². The highest BCUT2D eigenvalue weighted by molar-refractivity contribution is 6.20. The van der Waals surface area contributed by atoms with Crippen molar-refractivity contribution in [3.63, 3.8) is 0 Å². The first kappa shape index (κ1) is 29.5. The number of morpholine rings is 1. The molecule has 0 spiro atoms. The number of nitrogens with two attached hydrogens (primary N) is 2. The van der Waals surface area contributed by atoms with Crippen molar-refractivity contribution in [3.8, 4) is 0 Å². The molecular formula is C29H52ClN7O2. The number of rotatable bonds is 6. The Morgan fingerprint density at radius 1 is 1.00 bits per heavy atom. The van der Waals surface area contributed by atoms with Crippen LogP contribution in [-0.2, 0) is 9.53 Å². The number of allylic oxidation sites excluding steroid dienone is 1. The monoisotopic (exact) mass is 565 g/mol. The highest BCUT2D eigenvalue weighted by Crippen LogP contribution is 2.34. The van der Waals surface area contributed by atoms with E-state index in [0.29, 0.717) is 30.5 Å². The van der Waals surface area contributed by atoms with Gasteiger partial charge in [-0.25, -0.2) is 0 Å². The Hall–Kier alpha value is -0.940.